The smallest absolute Gasteiger partial charge is 0.137 e. The summed E-state index contributed by atoms with van der Waals surface area (Å²) in [5.74, 6) is 0.907. The van der Waals surface area contributed by atoms with Gasteiger partial charge in [-0.05, 0) is 19.1 Å². The zero-order valence-electron chi connectivity index (χ0n) is 8.36. The van der Waals surface area contributed by atoms with Gasteiger partial charge in [-0.15, -0.1) is 0 Å². The number of hydrogen-bond donors (Lipinski definition) is 1. The minimum absolute atomic E-state index is 0.727. The minimum atomic E-state index is 0.727. The molecule has 0 fully saturated rings. The number of oxime groups is 1. The van der Waals surface area contributed by atoms with E-state index < -0.39 is 0 Å². The van der Waals surface area contributed by atoms with Crippen LogP contribution in [-0.2, 0) is 0 Å². The molecule has 2 rings (SSSR count). The number of fused-ring (bicyclic) bond motifs is 1. The molecule has 0 atom stereocenters. The van der Waals surface area contributed by atoms with Gasteiger partial charge in [-0.3, -0.25) is 0 Å². The first kappa shape index (κ1) is 8.99. The predicted molar refractivity (Wildman–Crippen MR) is 55.2 cm³/mol. The number of rotatable bonds is 0. The molecule has 0 bridgehead atoms. The second-order valence-electron chi connectivity index (χ2n) is 3.54. The summed E-state index contributed by atoms with van der Waals surface area (Å²) in [5, 5.41) is 12.1. The van der Waals surface area contributed by atoms with Gasteiger partial charge in [-0.2, -0.15) is 0 Å². The molecule has 0 amide bonds. The van der Waals surface area contributed by atoms with Crippen LogP contribution in [0, 0.1) is 6.92 Å². The van der Waals surface area contributed by atoms with Gasteiger partial charge in [0.1, 0.15) is 5.82 Å². The van der Waals surface area contributed by atoms with E-state index in [1.165, 1.54) is 0 Å². The summed E-state index contributed by atoms with van der Waals surface area (Å²) in [7, 11) is 2.00. The number of anilines is 1. The van der Waals surface area contributed by atoms with Gasteiger partial charge >= 0.3 is 0 Å². The van der Waals surface area contributed by atoms with Crippen molar-refractivity contribution in [3.05, 3.63) is 23.4 Å². The lowest BCUT2D eigenvalue weighted by atomic mass is 10.0. The lowest BCUT2D eigenvalue weighted by Gasteiger charge is -2.26. The summed E-state index contributed by atoms with van der Waals surface area (Å²) in [6.07, 6.45) is 0.769. The van der Waals surface area contributed by atoms with Crippen LogP contribution in [0.5, 0.6) is 0 Å². The van der Waals surface area contributed by atoms with Crippen molar-refractivity contribution in [2.45, 2.75) is 13.3 Å². The van der Waals surface area contributed by atoms with Crippen LogP contribution in [0.1, 0.15) is 17.7 Å². The Morgan fingerprint density at radius 1 is 1.50 bits per heavy atom. The molecule has 0 spiro atoms. The van der Waals surface area contributed by atoms with Crippen molar-refractivity contribution in [2.24, 2.45) is 5.16 Å². The van der Waals surface area contributed by atoms with E-state index in [-0.39, 0.29) is 0 Å². The Balaban J connectivity index is 2.57. The maximum absolute atomic E-state index is 8.84. The summed E-state index contributed by atoms with van der Waals surface area (Å²) in [6, 6.07) is 3.89. The second-order valence-corrected chi connectivity index (χ2v) is 3.54. The third-order valence-corrected chi connectivity index (χ3v) is 2.49. The van der Waals surface area contributed by atoms with Crippen LogP contribution < -0.4 is 4.90 Å². The number of pyridine rings is 1. The second kappa shape index (κ2) is 3.29. The molecule has 0 radical (unpaired) electrons. The first-order chi connectivity index (χ1) is 6.72. The van der Waals surface area contributed by atoms with E-state index >= 15 is 0 Å². The normalized spacial score (nSPS) is 18.4. The molecule has 1 aliphatic heterocycles. The lowest BCUT2D eigenvalue weighted by Crippen LogP contribution is -2.29. The van der Waals surface area contributed by atoms with Crippen molar-refractivity contribution < 1.29 is 5.21 Å². The molecule has 0 aliphatic carbocycles. The van der Waals surface area contributed by atoms with Crippen LogP contribution in [0.15, 0.2) is 17.3 Å². The maximum Gasteiger partial charge on any atom is 0.137 e. The maximum atomic E-state index is 8.84. The fourth-order valence-electron chi connectivity index (χ4n) is 1.68. The lowest BCUT2D eigenvalue weighted by molar-refractivity contribution is 0.318. The van der Waals surface area contributed by atoms with Gasteiger partial charge in [0.25, 0.3) is 0 Å². The summed E-state index contributed by atoms with van der Waals surface area (Å²) in [5.41, 5.74) is 2.65. The molecule has 1 aromatic rings. The van der Waals surface area contributed by atoms with Crippen LogP contribution >= 0.6 is 0 Å². The van der Waals surface area contributed by atoms with Crippen LogP contribution in [0.25, 0.3) is 0 Å². The first-order valence-electron chi connectivity index (χ1n) is 4.62. The van der Waals surface area contributed by atoms with E-state index in [1.54, 1.807) is 0 Å². The Kier molecular flexibility index (Phi) is 2.11. The van der Waals surface area contributed by atoms with Crippen molar-refractivity contribution in [3.63, 3.8) is 0 Å². The fraction of sp³-hybridized carbons (Fsp3) is 0.400. The van der Waals surface area contributed by atoms with E-state index in [0.717, 1.165) is 35.8 Å². The summed E-state index contributed by atoms with van der Waals surface area (Å²) in [4.78, 5) is 6.51. The third kappa shape index (κ3) is 1.32. The molecule has 0 saturated carbocycles. The Morgan fingerprint density at radius 3 is 3.00 bits per heavy atom. The van der Waals surface area contributed by atoms with Gasteiger partial charge in [-0.25, -0.2) is 4.98 Å². The molecule has 1 N–H and O–H groups in total. The van der Waals surface area contributed by atoms with Crippen molar-refractivity contribution in [2.75, 3.05) is 18.5 Å². The van der Waals surface area contributed by atoms with Crippen molar-refractivity contribution >= 4 is 11.5 Å². The highest BCUT2D eigenvalue weighted by Crippen LogP contribution is 2.24. The summed E-state index contributed by atoms with van der Waals surface area (Å²) < 4.78 is 0. The monoisotopic (exact) mass is 191 g/mol. The Bertz CT molecular complexity index is 387. The number of aromatic nitrogens is 1. The van der Waals surface area contributed by atoms with Crippen molar-refractivity contribution in [3.8, 4) is 0 Å². The molecule has 2 heterocycles. The SMILES string of the molecule is Cc1ccc2c(n1)N(C)CC/C2=N\O. The zero-order valence-corrected chi connectivity index (χ0v) is 8.36. The number of hydrogen-bond acceptors (Lipinski definition) is 4. The summed E-state index contributed by atoms with van der Waals surface area (Å²) in [6.45, 7) is 2.81. The van der Waals surface area contributed by atoms with Gasteiger partial charge in [-0.1, -0.05) is 5.16 Å². The van der Waals surface area contributed by atoms with Gasteiger partial charge in [0.05, 0.1) is 5.71 Å². The Labute approximate surface area is 82.9 Å². The molecule has 74 valence electrons. The molecule has 4 heteroatoms. The van der Waals surface area contributed by atoms with E-state index in [2.05, 4.69) is 15.0 Å². The number of aryl methyl sites for hydroxylation is 1. The highest BCUT2D eigenvalue weighted by molar-refractivity contribution is 6.05. The van der Waals surface area contributed by atoms with Crippen molar-refractivity contribution in [1.29, 1.82) is 0 Å². The zero-order chi connectivity index (χ0) is 10.1. The van der Waals surface area contributed by atoms with E-state index in [9.17, 15) is 0 Å². The quantitative estimate of drug-likeness (QED) is 0.498. The average Bonchev–Trinajstić information content (AvgIpc) is 2.19. The van der Waals surface area contributed by atoms with Gasteiger partial charge < -0.3 is 10.1 Å². The highest BCUT2D eigenvalue weighted by Gasteiger charge is 2.20. The van der Waals surface area contributed by atoms with Crippen LogP contribution in [0.2, 0.25) is 0 Å². The fourth-order valence-corrected chi connectivity index (χ4v) is 1.68. The molecule has 14 heavy (non-hydrogen) atoms. The average molecular weight is 191 g/mol. The minimum Gasteiger partial charge on any atom is -0.411 e. The van der Waals surface area contributed by atoms with Crippen LogP contribution in [0.3, 0.4) is 0 Å². The Morgan fingerprint density at radius 2 is 2.29 bits per heavy atom. The van der Waals surface area contributed by atoms with E-state index in [4.69, 9.17) is 5.21 Å². The van der Waals surface area contributed by atoms with Crippen LogP contribution in [0.4, 0.5) is 5.82 Å². The number of nitrogens with zero attached hydrogens (tertiary/aromatic N) is 3. The molecule has 0 unspecified atom stereocenters. The van der Waals surface area contributed by atoms with Crippen molar-refractivity contribution in [1.82, 2.24) is 4.98 Å². The molecule has 0 saturated heterocycles. The van der Waals surface area contributed by atoms with Gasteiger partial charge in [0.2, 0.25) is 0 Å². The van der Waals surface area contributed by atoms with E-state index in [1.807, 2.05) is 26.1 Å². The summed E-state index contributed by atoms with van der Waals surface area (Å²) >= 11 is 0. The van der Waals surface area contributed by atoms with Crippen LogP contribution in [-0.4, -0.2) is 29.5 Å². The topological polar surface area (TPSA) is 48.7 Å². The highest BCUT2D eigenvalue weighted by atomic mass is 16.4. The van der Waals surface area contributed by atoms with Gasteiger partial charge in [0.15, 0.2) is 0 Å². The first-order valence-corrected chi connectivity index (χ1v) is 4.62. The molecular formula is C10H13N3O. The van der Waals surface area contributed by atoms with Gasteiger partial charge in [0, 0.05) is 31.3 Å². The third-order valence-electron chi connectivity index (χ3n) is 2.49. The largest absolute Gasteiger partial charge is 0.411 e. The molecule has 0 aromatic carbocycles. The standard InChI is InChI=1S/C10H13N3O/c1-7-3-4-8-9(12-14)5-6-13(2)10(8)11-7/h3-4,14H,5-6H2,1-2H3/b12-9+. The Hall–Kier alpha value is -1.58. The molecule has 4 nitrogen and oxygen atoms in total. The molecular weight excluding hydrogens is 178 g/mol. The molecule has 1 aromatic heterocycles. The van der Waals surface area contributed by atoms with E-state index in [0.29, 0.717) is 0 Å². The predicted octanol–water partition coefficient (Wildman–Crippen LogP) is 1.41. The molecule has 1 aliphatic rings.